The van der Waals surface area contributed by atoms with Crippen molar-refractivity contribution in [2.24, 2.45) is 11.8 Å². The topological polar surface area (TPSA) is 17.1 Å². The molecule has 1 fully saturated rings. The van der Waals surface area contributed by atoms with Crippen LogP contribution in [-0.4, -0.2) is 5.24 Å². The summed E-state index contributed by atoms with van der Waals surface area (Å²) < 4.78 is 0. The highest BCUT2D eigenvalue weighted by Gasteiger charge is 2.19. The Bertz CT molecular complexity index is 150. The van der Waals surface area contributed by atoms with Gasteiger partial charge in [-0.3, -0.25) is 4.79 Å². The number of rotatable bonds is 3. The second kappa shape index (κ2) is 4.86. The molecule has 0 spiro atoms. The third-order valence-corrected chi connectivity index (χ3v) is 3.17. The standard InChI is InChI=1S/C10H17ClO/c1-8(10(11)12)7-9-5-3-2-4-6-9/h8-9H,2-7H2,1H3/t8-/m1/s1. The quantitative estimate of drug-likeness (QED) is 0.621. The molecule has 1 saturated carbocycles. The Balaban J connectivity index is 2.24. The number of carbonyl (C=O) groups excluding carboxylic acids is 1. The SMILES string of the molecule is C[C@H](CC1CCCCC1)C(=O)Cl. The van der Waals surface area contributed by atoms with E-state index in [1.807, 2.05) is 6.92 Å². The predicted octanol–water partition coefficient (Wildman–Crippen LogP) is 3.36. The molecule has 1 aliphatic carbocycles. The van der Waals surface area contributed by atoms with Crippen molar-refractivity contribution in [2.75, 3.05) is 0 Å². The van der Waals surface area contributed by atoms with Crippen LogP contribution in [0.3, 0.4) is 0 Å². The first kappa shape index (κ1) is 10.0. The predicted molar refractivity (Wildman–Crippen MR) is 51.2 cm³/mol. The van der Waals surface area contributed by atoms with Crippen LogP contribution >= 0.6 is 11.6 Å². The summed E-state index contributed by atoms with van der Waals surface area (Å²) in [5, 5.41) is -0.166. The minimum absolute atomic E-state index is 0.0646. The van der Waals surface area contributed by atoms with Gasteiger partial charge >= 0.3 is 0 Å². The smallest absolute Gasteiger partial charge is 0.224 e. The Morgan fingerprint density at radius 2 is 2.00 bits per heavy atom. The maximum atomic E-state index is 10.8. The van der Waals surface area contributed by atoms with Crippen molar-refractivity contribution >= 4 is 16.8 Å². The largest absolute Gasteiger partial charge is 0.281 e. The van der Waals surface area contributed by atoms with Gasteiger partial charge in [-0.1, -0.05) is 39.0 Å². The van der Waals surface area contributed by atoms with E-state index in [0.717, 1.165) is 12.3 Å². The van der Waals surface area contributed by atoms with Gasteiger partial charge < -0.3 is 0 Å². The number of hydrogen-bond acceptors (Lipinski definition) is 1. The van der Waals surface area contributed by atoms with E-state index in [-0.39, 0.29) is 11.2 Å². The number of halogens is 1. The minimum atomic E-state index is -0.166. The first-order valence-electron chi connectivity index (χ1n) is 4.89. The van der Waals surface area contributed by atoms with E-state index in [9.17, 15) is 4.79 Å². The molecule has 70 valence electrons. The fraction of sp³-hybridized carbons (Fsp3) is 0.900. The van der Waals surface area contributed by atoms with Crippen molar-refractivity contribution in [2.45, 2.75) is 45.4 Å². The van der Waals surface area contributed by atoms with Gasteiger partial charge in [0.2, 0.25) is 5.24 Å². The van der Waals surface area contributed by atoms with Gasteiger partial charge in [0.15, 0.2) is 0 Å². The van der Waals surface area contributed by atoms with Crippen molar-refractivity contribution in [1.29, 1.82) is 0 Å². The summed E-state index contributed by atoms with van der Waals surface area (Å²) in [5.41, 5.74) is 0. The fourth-order valence-corrected chi connectivity index (χ4v) is 2.10. The van der Waals surface area contributed by atoms with Crippen molar-refractivity contribution in [3.63, 3.8) is 0 Å². The Morgan fingerprint density at radius 3 is 2.50 bits per heavy atom. The Kier molecular flexibility index (Phi) is 4.07. The molecular weight excluding hydrogens is 172 g/mol. The van der Waals surface area contributed by atoms with Crippen LogP contribution < -0.4 is 0 Å². The highest BCUT2D eigenvalue weighted by molar-refractivity contribution is 6.63. The molecule has 0 heterocycles. The van der Waals surface area contributed by atoms with Crippen LogP contribution in [0.5, 0.6) is 0 Å². The van der Waals surface area contributed by atoms with Crippen LogP contribution in [0, 0.1) is 11.8 Å². The number of carbonyl (C=O) groups is 1. The van der Waals surface area contributed by atoms with Gasteiger partial charge in [0.1, 0.15) is 0 Å². The normalized spacial score (nSPS) is 22.2. The highest BCUT2D eigenvalue weighted by Crippen LogP contribution is 2.29. The van der Waals surface area contributed by atoms with Crippen molar-refractivity contribution in [3.05, 3.63) is 0 Å². The zero-order valence-electron chi connectivity index (χ0n) is 7.68. The van der Waals surface area contributed by atoms with E-state index in [2.05, 4.69) is 0 Å². The molecule has 1 rings (SSSR count). The van der Waals surface area contributed by atoms with Gasteiger partial charge in [-0.15, -0.1) is 0 Å². The summed E-state index contributed by atoms with van der Waals surface area (Å²) in [6.07, 6.45) is 7.66. The summed E-state index contributed by atoms with van der Waals surface area (Å²) in [6.45, 7) is 1.93. The van der Waals surface area contributed by atoms with Crippen LogP contribution in [0.2, 0.25) is 0 Å². The zero-order chi connectivity index (χ0) is 8.97. The summed E-state index contributed by atoms with van der Waals surface area (Å²) in [7, 11) is 0. The molecule has 1 aliphatic rings. The van der Waals surface area contributed by atoms with Gasteiger partial charge in [-0.2, -0.15) is 0 Å². The average Bonchev–Trinajstić information content (AvgIpc) is 2.06. The van der Waals surface area contributed by atoms with E-state index in [0.29, 0.717) is 0 Å². The number of hydrogen-bond donors (Lipinski definition) is 0. The molecule has 1 atom stereocenters. The van der Waals surface area contributed by atoms with Crippen molar-refractivity contribution in [3.8, 4) is 0 Å². The average molecular weight is 189 g/mol. The van der Waals surface area contributed by atoms with Gasteiger partial charge in [-0.05, 0) is 23.9 Å². The second-order valence-corrected chi connectivity index (χ2v) is 4.32. The molecule has 0 aromatic carbocycles. The Morgan fingerprint density at radius 1 is 1.42 bits per heavy atom. The lowest BCUT2D eigenvalue weighted by Gasteiger charge is -2.22. The monoisotopic (exact) mass is 188 g/mol. The molecule has 0 unspecified atom stereocenters. The lowest BCUT2D eigenvalue weighted by molar-refractivity contribution is -0.115. The zero-order valence-corrected chi connectivity index (χ0v) is 8.44. The molecule has 1 nitrogen and oxygen atoms in total. The van der Waals surface area contributed by atoms with E-state index >= 15 is 0 Å². The lowest BCUT2D eigenvalue weighted by Crippen LogP contribution is -2.13. The Hall–Kier alpha value is -0.0400. The molecule has 0 bridgehead atoms. The highest BCUT2D eigenvalue weighted by atomic mass is 35.5. The maximum Gasteiger partial charge on any atom is 0.224 e. The lowest BCUT2D eigenvalue weighted by atomic mass is 9.83. The summed E-state index contributed by atoms with van der Waals surface area (Å²) in [4.78, 5) is 10.8. The van der Waals surface area contributed by atoms with Crippen LogP contribution in [0.1, 0.15) is 45.4 Å². The van der Waals surface area contributed by atoms with Crippen LogP contribution in [0.4, 0.5) is 0 Å². The summed E-state index contributed by atoms with van der Waals surface area (Å²) in [6, 6.07) is 0. The first-order valence-corrected chi connectivity index (χ1v) is 5.27. The maximum absolute atomic E-state index is 10.8. The Labute approximate surface area is 79.5 Å². The fourth-order valence-electron chi connectivity index (χ4n) is 2.02. The molecule has 0 radical (unpaired) electrons. The van der Waals surface area contributed by atoms with Gasteiger partial charge in [0.05, 0.1) is 0 Å². The van der Waals surface area contributed by atoms with E-state index in [1.54, 1.807) is 0 Å². The van der Waals surface area contributed by atoms with Crippen molar-refractivity contribution < 1.29 is 4.79 Å². The first-order chi connectivity index (χ1) is 5.70. The van der Waals surface area contributed by atoms with Crippen LogP contribution in [0.25, 0.3) is 0 Å². The molecule has 2 heteroatoms. The molecule has 12 heavy (non-hydrogen) atoms. The second-order valence-electron chi connectivity index (χ2n) is 3.94. The van der Waals surface area contributed by atoms with Crippen molar-refractivity contribution in [1.82, 2.24) is 0 Å². The minimum Gasteiger partial charge on any atom is -0.281 e. The molecular formula is C10H17ClO. The summed E-state index contributed by atoms with van der Waals surface area (Å²) >= 11 is 5.41. The summed E-state index contributed by atoms with van der Waals surface area (Å²) in [5.74, 6) is 0.825. The van der Waals surface area contributed by atoms with E-state index in [1.165, 1.54) is 32.1 Å². The third-order valence-electron chi connectivity index (χ3n) is 2.80. The molecule has 0 saturated heterocycles. The van der Waals surface area contributed by atoms with E-state index in [4.69, 9.17) is 11.6 Å². The molecule has 0 aliphatic heterocycles. The third kappa shape index (κ3) is 3.14. The van der Waals surface area contributed by atoms with Gasteiger partial charge in [-0.25, -0.2) is 0 Å². The van der Waals surface area contributed by atoms with Gasteiger partial charge in [0, 0.05) is 5.92 Å². The van der Waals surface area contributed by atoms with Gasteiger partial charge in [0.25, 0.3) is 0 Å². The molecule has 0 aromatic rings. The molecule has 0 N–H and O–H groups in total. The molecule has 0 aromatic heterocycles. The van der Waals surface area contributed by atoms with E-state index < -0.39 is 0 Å². The van der Waals surface area contributed by atoms with Crippen LogP contribution in [0.15, 0.2) is 0 Å². The molecule has 0 amide bonds. The van der Waals surface area contributed by atoms with Crippen LogP contribution in [-0.2, 0) is 4.79 Å².